The molecule has 2 fully saturated rings. The Morgan fingerprint density at radius 3 is 2.24 bits per heavy atom. The van der Waals surface area contributed by atoms with Crippen LogP contribution in [0.25, 0.3) is 0 Å². The van der Waals surface area contributed by atoms with Crippen LogP contribution in [0, 0.1) is 23.1 Å². The van der Waals surface area contributed by atoms with Gasteiger partial charge in [-0.25, -0.2) is 9.18 Å². The van der Waals surface area contributed by atoms with E-state index >= 15 is 0 Å². The summed E-state index contributed by atoms with van der Waals surface area (Å²) >= 11 is 0. The monoisotopic (exact) mass is 292 g/mol. The molecular formula is C16H21FN2O2. The van der Waals surface area contributed by atoms with Crippen LogP contribution < -0.4 is 10.2 Å². The summed E-state index contributed by atoms with van der Waals surface area (Å²) in [7, 11) is 0. The van der Waals surface area contributed by atoms with Gasteiger partial charge in [-0.2, -0.15) is 0 Å². The second kappa shape index (κ2) is 4.36. The van der Waals surface area contributed by atoms with E-state index in [9.17, 15) is 9.18 Å². The summed E-state index contributed by atoms with van der Waals surface area (Å²) in [6.07, 6.45) is -0.951. The van der Waals surface area contributed by atoms with Crippen LogP contribution in [-0.4, -0.2) is 29.8 Å². The van der Waals surface area contributed by atoms with E-state index in [0.29, 0.717) is 11.8 Å². The van der Waals surface area contributed by atoms with Gasteiger partial charge in [0.15, 0.2) is 0 Å². The van der Waals surface area contributed by atoms with Gasteiger partial charge in [-0.05, 0) is 29.7 Å². The number of carbonyl (C=O) groups is 1. The number of hydrogen-bond acceptors (Lipinski definition) is 2. The summed E-state index contributed by atoms with van der Waals surface area (Å²) in [5, 5.41) is 11.9. The highest BCUT2D eigenvalue weighted by Gasteiger charge is 2.73. The number of nitrogens with one attached hydrogen (secondary N) is 1. The highest BCUT2D eigenvalue weighted by atomic mass is 19.1. The molecule has 1 saturated carbocycles. The molecule has 1 aliphatic carbocycles. The molecule has 5 heteroatoms. The summed E-state index contributed by atoms with van der Waals surface area (Å²) in [6.45, 7) is 7.89. The van der Waals surface area contributed by atoms with Gasteiger partial charge in [0, 0.05) is 30.6 Å². The Hall–Kier alpha value is -1.78. The zero-order valence-electron chi connectivity index (χ0n) is 12.6. The van der Waals surface area contributed by atoms with E-state index in [1.807, 2.05) is 0 Å². The van der Waals surface area contributed by atoms with Gasteiger partial charge in [0.1, 0.15) is 5.82 Å². The van der Waals surface area contributed by atoms with Crippen LogP contribution >= 0.6 is 0 Å². The van der Waals surface area contributed by atoms with Crippen LogP contribution in [0.4, 0.5) is 14.9 Å². The van der Waals surface area contributed by atoms with Crippen molar-refractivity contribution >= 4 is 11.8 Å². The van der Waals surface area contributed by atoms with Gasteiger partial charge in [0.2, 0.25) is 0 Å². The molecule has 1 aromatic rings. The molecule has 2 N–H and O–H groups in total. The molecule has 3 rings (SSSR count). The Labute approximate surface area is 124 Å². The molecule has 114 valence electrons. The van der Waals surface area contributed by atoms with E-state index in [-0.39, 0.29) is 16.8 Å². The molecule has 1 amide bonds. The number of hydrogen-bond donors (Lipinski definition) is 2. The Morgan fingerprint density at radius 1 is 1.29 bits per heavy atom. The van der Waals surface area contributed by atoms with Gasteiger partial charge in [0.25, 0.3) is 0 Å². The normalized spacial score (nSPS) is 31.0. The molecule has 1 aromatic carbocycles. The van der Waals surface area contributed by atoms with Crippen LogP contribution in [-0.2, 0) is 0 Å². The SMILES string of the molecule is CC(C)(C)C1(NC(=O)O)C2CN(c3ccc(F)cc3)CC21. The fourth-order valence-corrected chi connectivity index (χ4v) is 4.16. The first-order chi connectivity index (χ1) is 9.75. The first kappa shape index (κ1) is 14.2. The van der Waals surface area contributed by atoms with Crippen LogP contribution in [0.2, 0.25) is 0 Å². The molecule has 2 atom stereocenters. The number of nitrogens with zero attached hydrogens (tertiary/aromatic N) is 1. The average Bonchev–Trinajstić information content (AvgIpc) is 2.79. The average molecular weight is 292 g/mol. The Morgan fingerprint density at radius 2 is 1.81 bits per heavy atom. The third kappa shape index (κ3) is 2.06. The van der Waals surface area contributed by atoms with Crippen molar-refractivity contribution in [1.82, 2.24) is 5.32 Å². The van der Waals surface area contributed by atoms with E-state index < -0.39 is 6.09 Å². The van der Waals surface area contributed by atoms with Crippen molar-refractivity contribution in [2.24, 2.45) is 17.3 Å². The third-order valence-electron chi connectivity index (χ3n) is 5.13. The topological polar surface area (TPSA) is 52.6 Å². The molecule has 1 heterocycles. The predicted octanol–water partition coefficient (Wildman–Crippen LogP) is 2.94. The number of carboxylic acid groups (broad SMARTS) is 1. The molecule has 2 aliphatic rings. The van der Waals surface area contributed by atoms with Gasteiger partial charge in [0.05, 0.1) is 5.54 Å². The lowest BCUT2D eigenvalue weighted by Crippen LogP contribution is -2.52. The lowest BCUT2D eigenvalue weighted by molar-refractivity contribution is 0.156. The number of piperidine rings is 1. The summed E-state index contributed by atoms with van der Waals surface area (Å²) in [5.41, 5.74) is 0.548. The largest absolute Gasteiger partial charge is 0.465 e. The van der Waals surface area contributed by atoms with Crippen molar-refractivity contribution in [3.63, 3.8) is 0 Å². The van der Waals surface area contributed by atoms with Crippen LogP contribution in [0.5, 0.6) is 0 Å². The van der Waals surface area contributed by atoms with Crippen LogP contribution in [0.1, 0.15) is 20.8 Å². The van der Waals surface area contributed by atoms with E-state index in [1.165, 1.54) is 12.1 Å². The molecule has 1 saturated heterocycles. The summed E-state index contributed by atoms with van der Waals surface area (Å²) in [6, 6.07) is 6.49. The molecule has 2 unspecified atom stereocenters. The van der Waals surface area contributed by atoms with Gasteiger partial charge >= 0.3 is 6.09 Å². The first-order valence-electron chi connectivity index (χ1n) is 7.27. The maximum Gasteiger partial charge on any atom is 0.405 e. The van der Waals surface area contributed by atoms with Gasteiger partial charge in [-0.3, -0.25) is 0 Å². The zero-order valence-corrected chi connectivity index (χ0v) is 12.6. The minimum Gasteiger partial charge on any atom is -0.465 e. The van der Waals surface area contributed by atoms with Gasteiger partial charge in [-0.15, -0.1) is 0 Å². The van der Waals surface area contributed by atoms with Crippen molar-refractivity contribution in [3.05, 3.63) is 30.1 Å². The van der Waals surface area contributed by atoms with Crippen LogP contribution in [0.3, 0.4) is 0 Å². The third-order valence-corrected chi connectivity index (χ3v) is 5.13. The molecule has 0 aromatic heterocycles. The highest BCUT2D eigenvalue weighted by Crippen LogP contribution is 2.63. The lowest BCUT2D eigenvalue weighted by atomic mass is 9.80. The maximum atomic E-state index is 13.0. The molecule has 0 radical (unpaired) electrons. The number of anilines is 1. The Bertz CT molecular complexity index is 553. The predicted molar refractivity (Wildman–Crippen MR) is 78.9 cm³/mol. The van der Waals surface area contributed by atoms with E-state index in [0.717, 1.165) is 18.8 Å². The minimum atomic E-state index is -0.951. The number of fused-ring (bicyclic) bond motifs is 1. The van der Waals surface area contributed by atoms with E-state index in [2.05, 4.69) is 31.0 Å². The molecule has 0 bridgehead atoms. The number of amides is 1. The maximum absolute atomic E-state index is 13.0. The molecular weight excluding hydrogens is 271 g/mol. The highest BCUT2D eigenvalue weighted by molar-refractivity contribution is 5.68. The van der Waals surface area contributed by atoms with Crippen LogP contribution in [0.15, 0.2) is 24.3 Å². The molecule has 0 spiro atoms. The molecule has 4 nitrogen and oxygen atoms in total. The smallest absolute Gasteiger partial charge is 0.405 e. The van der Waals surface area contributed by atoms with Crippen molar-refractivity contribution < 1.29 is 14.3 Å². The molecule has 1 aliphatic heterocycles. The van der Waals surface area contributed by atoms with Gasteiger partial charge in [-0.1, -0.05) is 20.8 Å². The standard InChI is InChI=1S/C16H21FN2O2/c1-15(2,3)16(18-14(20)21)12-8-19(9-13(12)16)11-6-4-10(17)5-7-11/h4-7,12-13,18H,8-9H2,1-3H3,(H,20,21). The summed E-state index contributed by atoms with van der Waals surface area (Å²) in [4.78, 5) is 13.4. The Balaban J connectivity index is 1.77. The Kier molecular flexibility index (Phi) is 2.94. The van der Waals surface area contributed by atoms with Crippen molar-refractivity contribution in [2.75, 3.05) is 18.0 Å². The lowest BCUT2D eigenvalue weighted by Gasteiger charge is -2.37. The van der Waals surface area contributed by atoms with E-state index in [4.69, 9.17) is 5.11 Å². The van der Waals surface area contributed by atoms with Crippen molar-refractivity contribution in [3.8, 4) is 0 Å². The summed E-state index contributed by atoms with van der Waals surface area (Å²) < 4.78 is 13.0. The fourth-order valence-electron chi connectivity index (χ4n) is 4.16. The van der Waals surface area contributed by atoms with Gasteiger partial charge < -0.3 is 15.3 Å². The van der Waals surface area contributed by atoms with E-state index in [1.54, 1.807) is 12.1 Å². The number of rotatable bonds is 2. The number of benzene rings is 1. The second-order valence-corrected chi connectivity index (χ2v) is 7.14. The fraction of sp³-hybridized carbons (Fsp3) is 0.562. The van der Waals surface area contributed by atoms with Crippen molar-refractivity contribution in [2.45, 2.75) is 26.3 Å². The minimum absolute atomic E-state index is 0.115. The quantitative estimate of drug-likeness (QED) is 0.881. The summed E-state index contributed by atoms with van der Waals surface area (Å²) in [5.74, 6) is 0.400. The zero-order chi connectivity index (χ0) is 15.4. The van der Waals surface area contributed by atoms with Crippen molar-refractivity contribution in [1.29, 1.82) is 0 Å². The number of halogens is 1. The second-order valence-electron chi connectivity index (χ2n) is 7.14. The molecule has 21 heavy (non-hydrogen) atoms. The first-order valence-corrected chi connectivity index (χ1v) is 7.27.